The molecule has 1 saturated heterocycles. The molecule has 0 bridgehead atoms. The van der Waals surface area contributed by atoms with Crippen LogP contribution in [-0.2, 0) is 0 Å². The normalized spacial score (nSPS) is 19.1. The molecule has 4 aromatic rings. The van der Waals surface area contributed by atoms with E-state index in [0.29, 0.717) is 11.4 Å². The lowest BCUT2D eigenvalue weighted by molar-refractivity contribution is -0.671. The summed E-state index contributed by atoms with van der Waals surface area (Å²) in [6.07, 6.45) is 0. The molecule has 2 aliphatic rings. The van der Waals surface area contributed by atoms with Crippen molar-refractivity contribution >= 4 is 17.1 Å². The summed E-state index contributed by atoms with van der Waals surface area (Å²) in [5.41, 5.74) is 6.08. The summed E-state index contributed by atoms with van der Waals surface area (Å²) < 4.78 is 6.65. The second-order valence-corrected chi connectivity index (χ2v) is 7.65. The van der Waals surface area contributed by atoms with Crippen molar-refractivity contribution in [3.63, 3.8) is 0 Å². The Morgan fingerprint density at radius 3 is 2.43 bits per heavy atom. The molecule has 0 spiro atoms. The number of hydrogen-bond donors (Lipinski definition) is 0. The zero-order valence-corrected chi connectivity index (χ0v) is 16.3. The first-order valence-corrected chi connectivity index (χ1v) is 9.90. The standard InChI is InChI=1S/C24H18N4O2/c1-15-11-13-17(14-12-15)28-23(24(29)30-26-28)20-22-21(16-7-3-2-4-8-16)27(22)19-10-6-5-9-18(19)25-20/h2-14,21-22H,1H3. The summed E-state index contributed by atoms with van der Waals surface area (Å²) in [6, 6.07) is 26.2. The highest BCUT2D eigenvalue weighted by Crippen LogP contribution is 2.54. The molecule has 2 atom stereocenters. The van der Waals surface area contributed by atoms with Gasteiger partial charge in [0.1, 0.15) is 11.8 Å². The first-order valence-electron chi connectivity index (χ1n) is 9.90. The van der Waals surface area contributed by atoms with E-state index in [9.17, 15) is 5.11 Å². The highest BCUT2D eigenvalue weighted by Gasteiger charge is 2.57. The predicted octanol–water partition coefficient (Wildman–Crippen LogP) is 3.40. The van der Waals surface area contributed by atoms with Gasteiger partial charge in [-0.2, -0.15) is 0 Å². The van der Waals surface area contributed by atoms with Gasteiger partial charge >= 0.3 is 0 Å². The predicted molar refractivity (Wildman–Crippen MR) is 110 cm³/mol. The van der Waals surface area contributed by atoms with Crippen LogP contribution in [0.3, 0.4) is 0 Å². The molecule has 1 aromatic heterocycles. The molecule has 3 aromatic carbocycles. The van der Waals surface area contributed by atoms with Gasteiger partial charge in [0, 0.05) is 12.1 Å². The van der Waals surface area contributed by atoms with Gasteiger partial charge in [-0.05, 0) is 29.3 Å². The fourth-order valence-corrected chi connectivity index (χ4v) is 4.29. The van der Waals surface area contributed by atoms with Crippen LogP contribution in [0.25, 0.3) is 5.69 Å². The van der Waals surface area contributed by atoms with E-state index in [4.69, 9.17) is 9.52 Å². The van der Waals surface area contributed by atoms with E-state index in [-0.39, 0.29) is 12.1 Å². The Hall–Kier alpha value is -3.93. The fourth-order valence-electron chi connectivity index (χ4n) is 4.29. The topological polar surface area (TPSA) is 68.3 Å². The Morgan fingerprint density at radius 1 is 0.900 bits per heavy atom. The molecule has 0 amide bonds. The number of aromatic nitrogens is 2. The van der Waals surface area contributed by atoms with Crippen LogP contribution in [0.1, 0.15) is 22.9 Å². The summed E-state index contributed by atoms with van der Waals surface area (Å²) in [7, 11) is 0. The summed E-state index contributed by atoms with van der Waals surface area (Å²) in [4.78, 5) is 7.21. The maximum atomic E-state index is 12.7. The molecule has 6 rings (SSSR count). The number of anilines is 1. The van der Waals surface area contributed by atoms with Gasteiger partial charge in [-0.25, -0.2) is 4.99 Å². The lowest BCUT2D eigenvalue weighted by atomic mass is 10.0. The number of aryl methyl sites for hydroxylation is 1. The van der Waals surface area contributed by atoms with Crippen LogP contribution < -0.4 is 14.7 Å². The summed E-state index contributed by atoms with van der Waals surface area (Å²) in [6.45, 7) is 2.02. The van der Waals surface area contributed by atoms with Gasteiger partial charge in [-0.3, -0.25) is 0 Å². The maximum Gasteiger partial charge on any atom is 0.287 e. The van der Waals surface area contributed by atoms with E-state index in [1.807, 2.05) is 67.6 Å². The highest BCUT2D eigenvalue weighted by atomic mass is 16.6. The lowest BCUT2D eigenvalue weighted by Gasteiger charge is -2.15. The summed E-state index contributed by atoms with van der Waals surface area (Å²) >= 11 is 0. The zero-order valence-electron chi connectivity index (χ0n) is 16.3. The summed E-state index contributed by atoms with van der Waals surface area (Å²) in [5.74, 6) is -0.479. The Bertz CT molecular complexity index is 1270. The molecular formula is C24H18N4O2. The number of hydrogen-bond acceptors (Lipinski definition) is 5. The molecule has 2 unspecified atom stereocenters. The minimum atomic E-state index is -0.479. The largest absolute Gasteiger partial charge is 0.539 e. The average molecular weight is 394 g/mol. The first-order chi connectivity index (χ1) is 14.7. The van der Waals surface area contributed by atoms with Gasteiger partial charge in [-0.1, -0.05) is 60.2 Å². The van der Waals surface area contributed by atoms with E-state index in [0.717, 1.165) is 22.6 Å². The number of aliphatic imine (C=N–C) groups is 1. The number of para-hydroxylation sites is 2. The van der Waals surface area contributed by atoms with Gasteiger partial charge in [0.05, 0.1) is 22.7 Å². The van der Waals surface area contributed by atoms with E-state index in [2.05, 4.69) is 28.4 Å². The van der Waals surface area contributed by atoms with Crippen LogP contribution in [0.2, 0.25) is 0 Å². The van der Waals surface area contributed by atoms with E-state index in [1.54, 1.807) is 4.68 Å². The second-order valence-electron chi connectivity index (χ2n) is 7.65. The van der Waals surface area contributed by atoms with Crippen LogP contribution in [0.5, 0.6) is 5.95 Å². The van der Waals surface area contributed by atoms with Crippen molar-refractivity contribution in [3.8, 4) is 11.6 Å². The molecule has 3 heterocycles. The van der Waals surface area contributed by atoms with Crippen molar-refractivity contribution in [2.24, 2.45) is 4.99 Å². The molecule has 2 aliphatic heterocycles. The number of benzene rings is 3. The fraction of sp³-hybridized carbons (Fsp3) is 0.125. The van der Waals surface area contributed by atoms with Crippen molar-refractivity contribution in [2.45, 2.75) is 19.0 Å². The van der Waals surface area contributed by atoms with Gasteiger partial charge in [0.2, 0.25) is 5.69 Å². The Balaban J connectivity index is 1.53. The molecule has 1 fully saturated rings. The Kier molecular flexibility index (Phi) is 3.56. The molecular weight excluding hydrogens is 376 g/mol. The number of nitrogens with zero attached hydrogens (tertiary/aromatic N) is 4. The highest BCUT2D eigenvalue weighted by molar-refractivity contribution is 6.13. The molecule has 0 radical (unpaired) electrons. The van der Waals surface area contributed by atoms with E-state index < -0.39 is 5.95 Å². The monoisotopic (exact) mass is 394 g/mol. The van der Waals surface area contributed by atoms with Gasteiger partial charge in [0.25, 0.3) is 5.69 Å². The Morgan fingerprint density at radius 2 is 1.63 bits per heavy atom. The molecule has 0 aliphatic carbocycles. The third-order valence-corrected chi connectivity index (χ3v) is 5.76. The third kappa shape index (κ3) is 2.47. The average Bonchev–Trinajstić information content (AvgIpc) is 3.43. The molecule has 6 nitrogen and oxygen atoms in total. The number of rotatable bonds is 3. The van der Waals surface area contributed by atoms with Gasteiger partial charge in [-0.15, -0.1) is 0 Å². The minimum Gasteiger partial charge on any atom is -0.539 e. The molecule has 30 heavy (non-hydrogen) atoms. The van der Waals surface area contributed by atoms with Crippen molar-refractivity contribution in [2.75, 3.05) is 4.90 Å². The van der Waals surface area contributed by atoms with Crippen LogP contribution in [0.15, 0.2) is 88.4 Å². The van der Waals surface area contributed by atoms with Crippen molar-refractivity contribution < 1.29 is 14.3 Å². The van der Waals surface area contributed by atoms with E-state index >= 15 is 0 Å². The van der Waals surface area contributed by atoms with Crippen molar-refractivity contribution in [1.29, 1.82) is 0 Å². The molecule has 0 N–H and O–H groups in total. The second kappa shape index (κ2) is 6.29. The maximum absolute atomic E-state index is 12.7. The molecule has 146 valence electrons. The minimum absolute atomic E-state index is 0.0360. The zero-order chi connectivity index (χ0) is 20.2. The first kappa shape index (κ1) is 17.0. The molecule has 6 heteroatoms. The van der Waals surface area contributed by atoms with Crippen molar-refractivity contribution in [3.05, 3.63) is 95.7 Å². The number of fused-ring (bicyclic) bond motifs is 3. The SMILES string of the molecule is Cc1ccc(-[n+]2noc([O-])c2C2=Nc3ccccc3N3C2C3c2ccccc2)cc1. The van der Waals surface area contributed by atoms with Gasteiger partial charge < -0.3 is 14.5 Å². The van der Waals surface area contributed by atoms with E-state index in [1.165, 1.54) is 5.56 Å². The molecule has 0 saturated carbocycles. The van der Waals surface area contributed by atoms with Gasteiger partial charge in [0.15, 0.2) is 5.95 Å². The van der Waals surface area contributed by atoms with Crippen LogP contribution in [0.4, 0.5) is 11.4 Å². The van der Waals surface area contributed by atoms with Crippen molar-refractivity contribution in [1.82, 2.24) is 5.27 Å². The smallest absolute Gasteiger partial charge is 0.287 e. The van der Waals surface area contributed by atoms with Crippen LogP contribution in [0, 0.1) is 6.92 Å². The van der Waals surface area contributed by atoms with Crippen LogP contribution in [-0.4, -0.2) is 17.0 Å². The third-order valence-electron chi connectivity index (χ3n) is 5.76. The lowest BCUT2D eigenvalue weighted by Crippen LogP contribution is -2.41. The van der Waals surface area contributed by atoms with Crippen LogP contribution >= 0.6 is 0 Å². The quantitative estimate of drug-likeness (QED) is 0.395. The Labute approximate surface area is 173 Å². The summed E-state index contributed by atoms with van der Waals surface area (Å²) in [5, 5.41) is 16.8.